The summed E-state index contributed by atoms with van der Waals surface area (Å²) in [6.45, 7) is 0.684. The van der Waals surface area contributed by atoms with Gasteiger partial charge in [0, 0.05) is 18.0 Å². The van der Waals surface area contributed by atoms with Crippen molar-refractivity contribution in [3.05, 3.63) is 65.7 Å². The first-order valence-corrected chi connectivity index (χ1v) is 7.08. The average molecular weight is 283 g/mol. The van der Waals surface area contributed by atoms with Gasteiger partial charge in [-0.3, -0.25) is 4.79 Å². The highest BCUT2D eigenvalue weighted by Crippen LogP contribution is 2.19. The quantitative estimate of drug-likeness (QED) is 0.829. The SMILES string of the molecule is CN(C)C[C@@H](Cc1ccccc1)C(=O)c1cccc(O)c1. The Morgan fingerprint density at radius 3 is 2.43 bits per heavy atom. The lowest BCUT2D eigenvalue weighted by molar-refractivity contribution is 0.0896. The lowest BCUT2D eigenvalue weighted by atomic mass is 9.91. The minimum absolute atomic E-state index is 0.0726. The van der Waals surface area contributed by atoms with Crippen LogP contribution in [0.5, 0.6) is 5.75 Å². The molecule has 0 saturated carbocycles. The monoisotopic (exact) mass is 283 g/mol. The Morgan fingerprint density at radius 1 is 1.10 bits per heavy atom. The highest BCUT2D eigenvalue weighted by atomic mass is 16.3. The second-order valence-corrected chi connectivity index (χ2v) is 5.56. The molecule has 0 heterocycles. The van der Waals surface area contributed by atoms with E-state index in [2.05, 4.69) is 0 Å². The zero-order chi connectivity index (χ0) is 15.2. The van der Waals surface area contributed by atoms with Crippen molar-refractivity contribution in [2.24, 2.45) is 5.92 Å². The summed E-state index contributed by atoms with van der Waals surface area (Å²) in [7, 11) is 3.93. The van der Waals surface area contributed by atoms with Gasteiger partial charge in [0.1, 0.15) is 5.75 Å². The summed E-state index contributed by atoms with van der Waals surface area (Å²) in [4.78, 5) is 14.7. The Labute approximate surface area is 125 Å². The molecule has 0 radical (unpaired) electrons. The van der Waals surface area contributed by atoms with Crippen molar-refractivity contribution in [3.63, 3.8) is 0 Å². The summed E-state index contributed by atoms with van der Waals surface area (Å²) in [5.74, 6) is 0.0804. The highest BCUT2D eigenvalue weighted by molar-refractivity contribution is 5.98. The summed E-state index contributed by atoms with van der Waals surface area (Å²) >= 11 is 0. The maximum absolute atomic E-state index is 12.7. The van der Waals surface area contributed by atoms with Crippen LogP contribution < -0.4 is 0 Å². The van der Waals surface area contributed by atoms with Crippen LogP contribution in [0.2, 0.25) is 0 Å². The van der Waals surface area contributed by atoms with Crippen molar-refractivity contribution in [1.29, 1.82) is 0 Å². The molecule has 1 atom stereocenters. The molecule has 0 amide bonds. The van der Waals surface area contributed by atoms with E-state index in [1.807, 2.05) is 49.3 Å². The molecule has 0 fully saturated rings. The summed E-state index contributed by atoms with van der Waals surface area (Å²) in [5.41, 5.74) is 1.72. The molecule has 21 heavy (non-hydrogen) atoms. The second kappa shape index (κ2) is 7.04. The first-order chi connectivity index (χ1) is 10.1. The molecule has 2 aromatic rings. The third-order valence-electron chi connectivity index (χ3n) is 3.41. The van der Waals surface area contributed by atoms with Gasteiger partial charge in [0.2, 0.25) is 0 Å². The van der Waals surface area contributed by atoms with Gasteiger partial charge in [-0.2, -0.15) is 0 Å². The Bertz CT molecular complexity index is 593. The number of carbonyl (C=O) groups is 1. The van der Waals surface area contributed by atoms with E-state index in [-0.39, 0.29) is 17.5 Å². The molecule has 0 saturated heterocycles. The maximum atomic E-state index is 12.7. The van der Waals surface area contributed by atoms with Gasteiger partial charge in [-0.1, -0.05) is 42.5 Å². The van der Waals surface area contributed by atoms with E-state index in [4.69, 9.17) is 0 Å². The molecule has 3 heteroatoms. The first kappa shape index (κ1) is 15.3. The molecule has 3 nitrogen and oxygen atoms in total. The second-order valence-electron chi connectivity index (χ2n) is 5.56. The van der Waals surface area contributed by atoms with Crippen LogP contribution >= 0.6 is 0 Å². The van der Waals surface area contributed by atoms with Crippen LogP contribution in [-0.4, -0.2) is 36.4 Å². The summed E-state index contributed by atoms with van der Waals surface area (Å²) in [6, 6.07) is 16.6. The third kappa shape index (κ3) is 4.43. The standard InChI is InChI=1S/C18H21NO2/c1-19(2)13-16(11-14-7-4-3-5-8-14)18(21)15-9-6-10-17(20)12-15/h3-10,12,16,20H,11,13H2,1-2H3/t16-/m1/s1. The van der Waals surface area contributed by atoms with E-state index in [1.165, 1.54) is 6.07 Å². The molecule has 0 bridgehead atoms. The van der Waals surface area contributed by atoms with Crippen LogP contribution in [0.15, 0.2) is 54.6 Å². The van der Waals surface area contributed by atoms with Crippen LogP contribution in [0.25, 0.3) is 0 Å². The number of hydrogen-bond donors (Lipinski definition) is 1. The van der Waals surface area contributed by atoms with Gasteiger partial charge >= 0.3 is 0 Å². The average Bonchev–Trinajstić information content (AvgIpc) is 2.46. The summed E-state index contributed by atoms with van der Waals surface area (Å²) < 4.78 is 0. The third-order valence-corrected chi connectivity index (χ3v) is 3.41. The predicted molar refractivity (Wildman–Crippen MR) is 84.6 cm³/mol. The van der Waals surface area contributed by atoms with Crippen LogP contribution in [-0.2, 0) is 6.42 Å². The molecule has 0 aliphatic rings. The molecule has 0 unspecified atom stereocenters. The lowest BCUT2D eigenvalue weighted by Crippen LogP contribution is -2.29. The van der Waals surface area contributed by atoms with Crippen LogP contribution in [0, 0.1) is 5.92 Å². The molecule has 0 aromatic heterocycles. The van der Waals surface area contributed by atoms with Crippen molar-refractivity contribution < 1.29 is 9.90 Å². The molecular formula is C18H21NO2. The molecular weight excluding hydrogens is 262 g/mol. The molecule has 0 spiro atoms. The summed E-state index contributed by atoms with van der Waals surface area (Å²) in [5, 5.41) is 9.55. The Balaban J connectivity index is 2.21. The van der Waals surface area contributed by atoms with Crippen molar-refractivity contribution in [1.82, 2.24) is 4.90 Å². The van der Waals surface area contributed by atoms with Crippen molar-refractivity contribution in [2.75, 3.05) is 20.6 Å². The van der Waals surface area contributed by atoms with Gasteiger partial charge in [-0.05, 0) is 38.2 Å². The van der Waals surface area contributed by atoms with Gasteiger partial charge in [-0.25, -0.2) is 0 Å². The largest absolute Gasteiger partial charge is 0.508 e. The van der Waals surface area contributed by atoms with Crippen LogP contribution in [0.1, 0.15) is 15.9 Å². The Morgan fingerprint density at radius 2 is 1.81 bits per heavy atom. The fourth-order valence-corrected chi connectivity index (χ4v) is 2.47. The molecule has 2 rings (SSSR count). The van der Waals surface area contributed by atoms with E-state index in [1.54, 1.807) is 18.2 Å². The zero-order valence-corrected chi connectivity index (χ0v) is 12.5. The minimum Gasteiger partial charge on any atom is -0.508 e. The number of carbonyl (C=O) groups excluding carboxylic acids is 1. The summed E-state index contributed by atoms with van der Waals surface area (Å²) in [6.07, 6.45) is 0.702. The van der Waals surface area contributed by atoms with Gasteiger partial charge in [-0.15, -0.1) is 0 Å². The smallest absolute Gasteiger partial charge is 0.167 e. The van der Waals surface area contributed by atoms with Gasteiger partial charge in [0.15, 0.2) is 5.78 Å². The number of nitrogens with zero attached hydrogens (tertiary/aromatic N) is 1. The predicted octanol–water partition coefficient (Wildman–Crippen LogP) is 3.00. The number of ketones is 1. The normalized spacial score (nSPS) is 12.3. The van der Waals surface area contributed by atoms with Gasteiger partial charge < -0.3 is 10.0 Å². The number of benzene rings is 2. The van der Waals surface area contributed by atoms with Crippen molar-refractivity contribution in [2.45, 2.75) is 6.42 Å². The van der Waals surface area contributed by atoms with E-state index >= 15 is 0 Å². The van der Waals surface area contributed by atoms with E-state index in [0.29, 0.717) is 18.5 Å². The van der Waals surface area contributed by atoms with E-state index < -0.39 is 0 Å². The van der Waals surface area contributed by atoms with Gasteiger partial charge in [0.25, 0.3) is 0 Å². The van der Waals surface area contributed by atoms with E-state index in [9.17, 15) is 9.90 Å². The number of aromatic hydroxyl groups is 1. The Kier molecular flexibility index (Phi) is 5.12. The highest BCUT2D eigenvalue weighted by Gasteiger charge is 2.21. The maximum Gasteiger partial charge on any atom is 0.167 e. The number of hydrogen-bond acceptors (Lipinski definition) is 3. The number of Topliss-reactive ketones (excluding diaryl/α,β-unsaturated/α-hetero) is 1. The molecule has 1 N–H and O–H groups in total. The molecule has 0 aliphatic carbocycles. The minimum atomic E-state index is -0.121. The fourth-order valence-electron chi connectivity index (χ4n) is 2.47. The number of phenols is 1. The molecule has 0 aliphatic heterocycles. The van der Waals surface area contributed by atoms with E-state index in [0.717, 1.165) is 5.56 Å². The van der Waals surface area contributed by atoms with Crippen LogP contribution in [0.4, 0.5) is 0 Å². The van der Waals surface area contributed by atoms with Gasteiger partial charge in [0.05, 0.1) is 0 Å². The molecule has 110 valence electrons. The van der Waals surface area contributed by atoms with Crippen molar-refractivity contribution >= 4 is 5.78 Å². The number of phenolic OH excluding ortho intramolecular Hbond substituents is 1. The fraction of sp³-hybridized carbons (Fsp3) is 0.278. The first-order valence-electron chi connectivity index (χ1n) is 7.08. The number of rotatable bonds is 6. The van der Waals surface area contributed by atoms with Crippen molar-refractivity contribution in [3.8, 4) is 5.75 Å². The topological polar surface area (TPSA) is 40.5 Å². The Hall–Kier alpha value is -2.13. The molecule has 2 aromatic carbocycles. The lowest BCUT2D eigenvalue weighted by Gasteiger charge is -2.20. The van der Waals surface area contributed by atoms with Crippen LogP contribution in [0.3, 0.4) is 0 Å². The zero-order valence-electron chi connectivity index (χ0n) is 12.5.